The third-order valence-corrected chi connectivity index (χ3v) is 8.82. The Morgan fingerprint density at radius 2 is 1.53 bits per heavy atom. The van der Waals surface area contributed by atoms with Gasteiger partial charge in [0.2, 0.25) is 0 Å². The first-order valence-electron chi connectivity index (χ1n) is 15.8. The van der Waals surface area contributed by atoms with Crippen LogP contribution in [0.4, 0.5) is 4.79 Å². The average molecular weight is 608 g/mol. The molecule has 4 aromatic rings. The van der Waals surface area contributed by atoms with Crippen LogP contribution in [0.2, 0.25) is 0 Å². The molecule has 1 saturated heterocycles. The van der Waals surface area contributed by atoms with E-state index in [0.29, 0.717) is 13.1 Å². The summed E-state index contributed by atoms with van der Waals surface area (Å²) in [5.74, 6) is 0.0928. The maximum atomic E-state index is 12.0. The molecule has 0 unspecified atom stereocenters. The van der Waals surface area contributed by atoms with E-state index in [2.05, 4.69) is 103 Å². The van der Waals surface area contributed by atoms with Gasteiger partial charge in [-0.3, -0.25) is 4.90 Å². The van der Waals surface area contributed by atoms with Crippen molar-refractivity contribution in [2.45, 2.75) is 58.5 Å². The van der Waals surface area contributed by atoms with Gasteiger partial charge in [-0.1, -0.05) is 110 Å². The van der Waals surface area contributed by atoms with E-state index in [0.717, 1.165) is 39.9 Å². The van der Waals surface area contributed by atoms with Gasteiger partial charge in [0.1, 0.15) is 0 Å². The third-order valence-electron chi connectivity index (χ3n) is 8.82. The van der Waals surface area contributed by atoms with E-state index >= 15 is 0 Å². The number of rotatable bonds is 11. The molecular weight excluding hydrogens is 562 g/mol. The van der Waals surface area contributed by atoms with Crippen molar-refractivity contribution >= 4 is 6.03 Å². The second kappa shape index (κ2) is 15.3. The van der Waals surface area contributed by atoms with Crippen LogP contribution in [0.3, 0.4) is 0 Å². The summed E-state index contributed by atoms with van der Waals surface area (Å²) >= 11 is 0. The van der Waals surface area contributed by atoms with Crippen LogP contribution in [0.25, 0.3) is 11.1 Å². The van der Waals surface area contributed by atoms with Gasteiger partial charge in [-0.2, -0.15) is 0 Å². The predicted molar refractivity (Wildman–Crippen MR) is 178 cm³/mol. The fourth-order valence-corrected chi connectivity index (χ4v) is 5.93. The summed E-state index contributed by atoms with van der Waals surface area (Å²) in [5, 5.41) is 15.3. The average Bonchev–Trinajstić information content (AvgIpc) is 3.08. The number of nitrogens with one attached hydrogen (secondary N) is 2. The molecule has 45 heavy (non-hydrogen) atoms. The first-order chi connectivity index (χ1) is 21.9. The van der Waals surface area contributed by atoms with Gasteiger partial charge in [0.15, 0.2) is 6.29 Å². The number of likely N-dealkylation sites (N-methyl/N-ethyl adjacent to an activating group) is 1. The van der Waals surface area contributed by atoms with Crippen LogP contribution in [0, 0.1) is 5.92 Å². The van der Waals surface area contributed by atoms with Gasteiger partial charge in [-0.15, -0.1) is 0 Å². The Morgan fingerprint density at radius 1 is 0.867 bits per heavy atom. The second-order valence-corrected chi connectivity index (χ2v) is 11.8. The first kappa shape index (κ1) is 32.4. The molecule has 5 rings (SSSR count). The Kier molecular flexibility index (Phi) is 11.0. The van der Waals surface area contributed by atoms with Crippen LogP contribution >= 0.6 is 0 Å². The van der Waals surface area contributed by atoms with E-state index in [9.17, 15) is 9.90 Å². The lowest BCUT2D eigenvalue weighted by Crippen LogP contribution is -2.44. The van der Waals surface area contributed by atoms with Gasteiger partial charge in [0, 0.05) is 37.2 Å². The number of aliphatic hydroxyl groups excluding tert-OH is 1. The second-order valence-electron chi connectivity index (χ2n) is 11.8. The lowest BCUT2D eigenvalue weighted by molar-refractivity contribution is -0.276. The zero-order chi connectivity index (χ0) is 31.8. The number of ether oxygens (including phenoxy) is 2. The molecule has 236 valence electrons. The number of benzene rings is 4. The van der Waals surface area contributed by atoms with Crippen molar-refractivity contribution in [3.8, 4) is 11.1 Å². The van der Waals surface area contributed by atoms with E-state index < -0.39 is 6.29 Å². The van der Waals surface area contributed by atoms with Crippen molar-refractivity contribution in [2.24, 2.45) is 5.92 Å². The van der Waals surface area contributed by atoms with E-state index in [4.69, 9.17) is 9.47 Å². The van der Waals surface area contributed by atoms with Crippen molar-refractivity contribution in [3.63, 3.8) is 0 Å². The summed E-state index contributed by atoms with van der Waals surface area (Å²) < 4.78 is 13.4. The Labute approximate surface area is 267 Å². The fourth-order valence-electron chi connectivity index (χ4n) is 5.93. The highest BCUT2D eigenvalue weighted by Crippen LogP contribution is 2.42. The van der Waals surface area contributed by atoms with E-state index in [1.54, 1.807) is 0 Å². The topological polar surface area (TPSA) is 83.1 Å². The highest BCUT2D eigenvalue weighted by Gasteiger charge is 2.39. The van der Waals surface area contributed by atoms with E-state index in [-0.39, 0.29) is 36.8 Å². The molecule has 0 radical (unpaired) electrons. The lowest BCUT2D eigenvalue weighted by atomic mass is 9.89. The maximum Gasteiger partial charge on any atom is 0.315 e. The zero-order valence-electron chi connectivity index (χ0n) is 26.6. The van der Waals surface area contributed by atoms with Crippen molar-refractivity contribution < 1.29 is 19.4 Å². The Hall–Kier alpha value is -4.01. The van der Waals surface area contributed by atoms with Crippen molar-refractivity contribution in [1.82, 2.24) is 15.5 Å². The Morgan fingerprint density at radius 3 is 2.22 bits per heavy atom. The third kappa shape index (κ3) is 7.99. The summed E-state index contributed by atoms with van der Waals surface area (Å²) in [6, 6.07) is 35.1. The smallest absolute Gasteiger partial charge is 0.315 e. The maximum absolute atomic E-state index is 12.0. The molecule has 0 aromatic heterocycles. The minimum absolute atomic E-state index is 0.00929. The number of hydrogen-bond acceptors (Lipinski definition) is 5. The van der Waals surface area contributed by atoms with Gasteiger partial charge in [-0.05, 0) is 54.3 Å². The van der Waals surface area contributed by atoms with Crippen molar-refractivity contribution in [3.05, 3.63) is 131 Å². The molecule has 7 nitrogen and oxygen atoms in total. The molecule has 1 heterocycles. The molecule has 1 fully saturated rings. The SMILES string of the molecule is CCNC(=O)NCc1ccccc1-c1ccc([C@H]2O[C@@H](CN(C)[C@@H](C)c3ccccc3)[C@@H](C)[C@@H](c3ccc(CO)cc3)O2)cc1. The standard InChI is InChI=1S/C38H45N3O4/c1-5-39-38(43)40-23-33-13-9-10-14-34(33)30-19-21-32(22-20-30)37-44-35(24-41(4)27(3)29-11-7-6-8-12-29)26(2)36(45-37)31-17-15-28(25-42)16-18-31/h6-22,26-27,35-37,42H,5,23-25H2,1-4H3,(H2,39,40,43)/t26-,27+,35+,36+,37+/m1/s1. The molecular formula is C38H45N3O4. The molecule has 2 amide bonds. The number of urea groups is 1. The zero-order valence-corrected chi connectivity index (χ0v) is 26.6. The normalized spacial score (nSPS) is 20.5. The molecule has 1 aliphatic rings. The molecule has 1 aliphatic heterocycles. The lowest BCUT2D eigenvalue weighted by Gasteiger charge is -2.43. The fraction of sp³-hybridized carbons (Fsp3) is 0.342. The molecule has 4 aromatic carbocycles. The molecule has 3 N–H and O–H groups in total. The minimum Gasteiger partial charge on any atom is -0.392 e. The van der Waals surface area contributed by atoms with Crippen LogP contribution < -0.4 is 10.6 Å². The minimum atomic E-state index is -0.544. The van der Waals surface area contributed by atoms with Crippen LogP contribution in [0.15, 0.2) is 103 Å². The van der Waals surface area contributed by atoms with Gasteiger partial charge >= 0.3 is 6.03 Å². The number of hydrogen-bond donors (Lipinski definition) is 3. The predicted octanol–water partition coefficient (Wildman–Crippen LogP) is 7.15. The first-order valence-corrected chi connectivity index (χ1v) is 15.8. The highest BCUT2D eigenvalue weighted by molar-refractivity contribution is 5.74. The van der Waals surface area contributed by atoms with Gasteiger partial charge in [0.05, 0.1) is 18.8 Å². The van der Waals surface area contributed by atoms with E-state index in [1.165, 1.54) is 5.56 Å². The summed E-state index contributed by atoms with van der Waals surface area (Å²) in [4.78, 5) is 14.4. The van der Waals surface area contributed by atoms with Crippen molar-refractivity contribution in [2.75, 3.05) is 20.1 Å². The molecule has 0 bridgehead atoms. The summed E-state index contributed by atoms with van der Waals surface area (Å²) in [7, 11) is 2.15. The molecule has 5 atom stereocenters. The van der Waals surface area contributed by atoms with Gasteiger partial charge in [-0.25, -0.2) is 4.79 Å². The highest BCUT2D eigenvalue weighted by atomic mass is 16.7. The molecule has 0 saturated carbocycles. The Bertz CT molecular complexity index is 1510. The largest absolute Gasteiger partial charge is 0.392 e. The Balaban J connectivity index is 1.38. The molecule has 7 heteroatoms. The summed E-state index contributed by atoms with van der Waals surface area (Å²) in [5.41, 5.74) is 7.32. The van der Waals surface area contributed by atoms with Crippen LogP contribution in [0.1, 0.15) is 67.0 Å². The van der Waals surface area contributed by atoms with Gasteiger partial charge in [0.25, 0.3) is 0 Å². The quantitative estimate of drug-likeness (QED) is 0.169. The number of amides is 2. The summed E-state index contributed by atoms with van der Waals surface area (Å²) in [6.07, 6.45) is -0.802. The number of carbonyl (C=O) groups excluding carboxylic acids is 1. The number of carbonyl (C=O) groups is 1. The van der Waals surface area contributed by atoms with E-state index in [1.807, 2.05) is 43.3 Å². The monoisotopic (exact) mass is 607 g/mol. The molecule has 0 aliphatic carbocycles. The molecule has 0 spiro atoms. The van der Waals surface area contributed by atoms with Gasteiger partial charge < -0.3 is 25.2 Å². The van der Waals surface area contributed by atoms with Crippen LogP contribution in [0.5, 0.6) is 0 Å². The van der Waals surface area contributed by atoms with Crippen molar-refractivity contribution in [1.29, 1.82) is 0 Å². The summed E-state index contributed by atoms with van der Waals surface area (Å²) in [6.45, 7) is 8.09. The number of nitrogens with zero attached hydrogens (tertiary/aromatic N) is 1. The number of aliphatic hydroxyl groups is 1. The van der Waals surface area contributed by atoms with Crippen LogP contribution in [-0.2, 0) is 22.6 Å². The van der Waals surface area contributed by atoms with Crippen LogP contribution in [-0.4, -0.2) is 42.3 Å².